The van der Waals surface area contributed by atoms with Gasteiger partial charge in [0.15, 0.2) is 0 Å². The summed E-state index contributed by atoms with van der Waals surface area (Å²) in [6.07, 6.45) is 4.14. The molecule has 0 spiro atoms. The minimum atomic E-state index is -0.0555. The van der Waals surface area contributed by atoms with Crippen molar-refractivity contribution >= 4 is 51.2 Å². The normalized spacial score (nSPS) is 15.5. The predicted molar refractivity (Wildman–Crippen MR) is 131 cm³/mol. The molecular formula is C24H24N2O3S2. The van der Waals surface area contributed by atoms with E-state index in [2.05, 4.69) is 22.9 Å². The van der Waals surface area contributed by atoms with Gasteiger partial charge in [-0.15, -0.1) is 0 Å². The van der Waals surface area contributed by atoms with Gasteiger partial charge in [-0.2, -0.15) is 0 Å². The molecular weight excluding hydrogens is 428 g/mol. The van der Waals surface area contributed by atoms with Crippen molar-refractivity contribution < 1.29 is 14.3 Å². The molecule has 2 heterocycles. The highest BCUT2D eigenvalue weighted by atomic mass is 32.2. The minimum absolute atomic E-state index is 0.0555. The zero-order valence-electron chi connectivity index (χ0n) is 17.7. The van der Waals surface area contributed by atoms with Crippen molar-refractivity contribution in [1.29, 1.82) is 0 Å². The van der Waals surface area contributed by atoms with Crippen LogP contribution in [-0.2, 0) is 11.3 Å². The number of amides is 1. The first-order valence-corrected chi connectivity index (χ1v) is 11.3. The summed E-state index contributed by atoms with van der Waals surface area (Å²) < 4.78 is 14.3. The standard InChI is InChI=1S/C24H24N2O3S2/c1-16(2)29-19-10-8-18(9-11-19)28-13-12-26-15-17(20-6-4-5-7-21(20)26)14-22-23(27)25(3)24(30)31-22/h4-11,14-16H,12-13H2,1-3H3/b22-14-. The van der Waals surface area contributed by atoms with Crippen LogP contribution in [0.3, 0.4) is 0 Å². The van der Waals surface area contributed by atoms with Gasteiger partial charge in [0, 0.05) is 29.7 Å². The van der Waals surface area contributed by atoms with Gasteiger partial charge in [0.1, 0.15) is 22.4 Å². The molecule has 0 radical (unpaired) electrons. The van der Waals surface area contributed by atoms with Gasteiger partial charge in [0.2, 0.25) is 0 Å². The summed E-state index contributed by atoms with van der Waals surface area (Å²) in [6, 6.07) is 15.8. The van der Waals surface area contributed by atoms with Crippen molar-refractivity contribution in [3.63, 3.8) is 0 Å². The van der Waals surface area contributed by atoms with E-state index < -0.39 is 0 Å². The van der Waals surface area contributed by atoms with Crippen molar-refractivity contribution in [2.24, 2.45) is 0 Å². The van der Waals surface area contributed by atoms with E-state index in [-0.39, 0.29) is 12.0 Å². The maximum absolute atomic E-state index is 12.4. The first kappa shape index (κ1) is 21.5. The number of rotatable bonds is 7. The Kier molecular flexibility index (Phi) is 6.34. The molecule has 0 unspecified atom stereocenters. The Balaban J connectivity index is 1.49. The van der Waals surface area contributed by atoms with Crippen LogP contribution in [0.4, 0.5) is 0 Å². The lowest BCUT2D eigenvalue weighted by atomic mass is 10.1. The molecule has 1 aliphatic rings. The Bertz CT molecular complexity index is 1150. The van der Waals surface area contributed by atoms with Crippen molar-refractivity contribution in [1.82, 2.24) is 9.47 Å². The van der Waals surface area contributed by atoms with Gasteiger partial charge in [-0.05, 0) is 50.3 Å². The summed E-state index contributed by atoms with van der Waals surface area (Å²) in [6.45, 7) is 5.22. The number of para-hydroxylation sites is 1. The topological polar surface area (TPSA) is 43.7 Å². The fourth-order valence-electron chi connectivity index (χ4n) is 3.41. The zero-order chi connectivity index (χ0) is 22.0. The largest absolute Gasteiger partial charge is 0.492 e. The molecule has 3 aromatic rings. The van der Waals surface area contributed by atoms with Crippen LogP contribution in [-0.4, -0.2) is 39.5 Å². The zero-order valence-corrected chi connectivity index (χ0v) is 19.3. The Hall–Kier alpha value is -2.77. The summed E-state index contributed by atoms with van der Waals surface area (Å²) >= 11 is 6.58. The second-order valence-corrected chi connectivity index (χ2v) is 9.20. The van der Waals surface area contributed by atoms with Crippen LogP contribution < -0.4 is 9.47 Å². The maximum atomic E-state index is 12.4. The van der Waals surface area contributed by atoms with Crippen LogP contribution in [0.25, 0.3) is 17.0 Å². The summed E-state index contributed by atoms with van der Waals surface area (Å²) in [7, 11) is 1.71. The number of benzene rings is 2. The van der Waals surface area contributed by atoms with Crippen molar-refractivity contribution in [2.45, 2.75) is 26.5 Å². The number of hydrogen-bond acceptors (Lipinski definition) is 5. The first-order chi connectivity index (χ1) is 14.9. The highest BCUT2D eigenvalue weighted by Crippen LogP contribution is 2.33. The molecule has 1 fully saturated rings. The SMILES string of the molecule is CC(C)Oc1ccc(OCCn2cc(/C=C3\SC(=S)N(C)C3=O)c3ccccc32)cc1. The summed E-state index contributed by atoms with van der Waals surface area (Å²) in [5.41, 5.74) is 2.10. The fourth-order valence-corrected chi connectivity index (χ4v) is 4.58. The fraction of sp³-hybridized carbons (Fsp3) is 0.250. The molecule has 1 aliphatic heterocycles. The van der Waals surface area contributed by atoms with Gasteiger partial charge in [0.05, 0.1) is 17.6 Å². The molecule has 1 aromatic heterocycles. The van der Waals surface area contributed by atoms with Crippen molar-refractivity contribution in [2.75, 3.05) is 13.7 Å². The third-order valence-corrected chi connectivity index (χ3v) is 6.37. The van der Waals surface area contributed by atoms with Crippen LogP contribution in [0, 0.1) is 0 Å². The maximum Gasteiger partial charge on any atom is 0.265 e. The number of aromatic nitrogens is 1. The van der Waals surface area contributed by atoms with E-state index in [1.807, 2.05) is 56.3 Å². The smallest absolute Gasteiger partial charge is 0.265 e. The Morgan fingerprint density at radius 3 is 2.48 bits per heavy atom. The second-order valence-electron chi connectivity index (χ2n) is 7.52. The van der Waals surface area contributed by atoms with Crippen LogP contribution in [0.2, 0.25) is 0 Å². The van der Waals surface area contributed by atoms with Gasteiger partial charge in [-0.3, -0.25) is 9.69 Å². The van der Waals surface area contributed by atoms with Crippen LogP contribution >= 0.6 is 24.0 Å². The molecule has 0 saturated carbocycles. The lowest BCUT2D eigenvalue weighted by Crippen LogP contribution is -2.22. The van der Waals surface area contributed by atoms with E-state index in [4.69, 9.17) is 21.7 Å². The Morgan fingerprint density at radius 1 is 1.10 bits per heavy atom. The number of carbonyl (C=O) groups is 1. The van der Waals surface area contributed by atoms with E-state index in [1.54, 1.807) is 7.05 Å². The van der Waals surface area contributed by atoms with E-state index in [0.717, 1.165) is 28.0 Å². The number of nitrogens with zero attached hydrogens (tertiary/aromatic N) is 2. The van der Waals surface area contributed by atoms with Gasteiger partial charge >= 0.3 is 0 Å². The lowest BCUT2D eigenvalue weighted by molar-refractivity contribution is -0.121. The average molecular weight is 453 g/mol. The van der Waals surface area contributed by atoms with Crippen LogP contribution in [0.1, 0.15) is 19.4 Å². The first-order valence-electron chi connectivity index (χ1n) is 10.1. The molecule has 31 heavy (non-hydrogen) atoms. The molecule has 1 amide bonds. The number of likely N-dealkylation sites (N-methyl/N-ethyl adjacent to an activating group) is 1. The predicted octanol–water partition coefficient (Wildman–Crippen LogP) is 5.34. The van der Waals surface area contributed by atoms with Gasteiger partial charge in [0.25, 0.3) is 5.91 Å². The number of ether oxygens (including phenoxy) is 2. The lowest BCUT2D eigenvalue weighted by Gasteiger charge is -2.11. The van der Waals surface area contributed by atoms with Crippen LogP contribution in [0.5, 0.6) is 11.5 Å². The molecule has 4 rings (SSSR count). The molecule has 0 atom stereocenters. The van der Waals surface area contributed by atoms with E-state index >= 15 is 0 Å². The second kappa shape index (κ2) is 9.16. The number of carbonyl (C=O) groups excluding carboxylic acids is 1. The van der Waals surface area contributed by atoms with Gasteiger partial charge in [-0.1, -0.05) is 42.2 Å². The van der Waals surface area contributed by atoms with E-state index in [1.165, 1.54) is 16.7 Å². The van der Waals surface area contributed by atoms with Gasteiger partial charge < -0.3 is 14.0 Å². The third kappa shape index (κ3) is 4.78. The monoisotopic (exact) mass is 452 g/mol. The highest BCUT2D eigenvalue weighted by Gasteiger charge is 2.29. The molecule has 5 nitrogen and oxygen atoms in total. The average Bonchev–Trinajstić information content (AvgIpc) is 3.22. The molecule has 0 aliphatic carbocycles. The molecule has 0 N–H and O–H groups in total. The van der Waals surface area contributed by atoms with Gasteiger partial charge in [-0.25, -0.2) is 0 Å². The number of fused-ring (bicyclic) bond motifs is 1. The molecule has 2 aromatic carbocycles. The summed E-state index contributed by atoms with van der Waals surface area (Å²) in [5.74, 6) is 1.58. The minimum Gasteiger partial charge on any atom is -0.492 e. The van der Waals surface area contributed by atoms with Crippen LogP contribution in [0.15, 0.2) is 59.6 Å². The number of thiocarbonyl (C=S) groups is 1. The quantitative estimate of drug-likeness (QED) is 0.358. The molecule has 1 saturated heterocycles. The van der Waals surface area contributed by atoms with E-state index in [9.17, 15) is 4.79 Å². The highest BCUT2D eigenvalue weighted by molar-refractivity contribution is 8.26. The van der Waals surface area contributed by atoms with Crippen molar-refractivity contribution in [3.05, 3.63) is 65.2 Å². The molecule has 160 valence electrons. The Morgan fingerprint density at radius 2 is 1.81 bits per heavy atom. The molecule has 0 bridgehead atoms. The van der Waals surface area contributed by atoms with Crippen molar-refractivity contribution in [3.8, 4) is 11.5 Å². The summed E-state index contributed by atoms with van der Waals surface area (Å²) in [4.78, 5) is 14.5. The third-order valence-electron chi connectivity index (χ3n) is 4.89. The number of hydrogen-bond donors (Lipinski definition) is 0. The Labute approximate surface area is 191 Å². The number of thioether (sulfide) groups is 1. The molecule has 7 heteroatoms. The summed E-state index contributed by atoms with van der Waals surface area (Å²) in [5, 5.41) is 1.10. The van der Waals surface area contributed by atoms with E-state index in [0.29, 0.717) is 22.4 Å².